The highest BCUT2D eigenvalue weighted by Crippen LogP contribution is 2.28. The summed E-state index contributed by atoms with van der Waals surface area (Å²) in [6, 6.07) is 1.08. The average molecular weight is 381 g/mol. The Morgan fingerprint density at radius 1 is 0.963 bits per heavy atom. The van der Waals surface area contributed by atoms with Crippen LogP contribution in [-0.4, -0.2) is 86.7 Å². The van der Waals surface area contributed by atoms with Gasteiger partial charge in [-0.1, -0.05) is 0 Å². The van der Waals surface area contributed by atoms with Crippen LogP contribution >= 0.6 is 0 Å². The van der Waals surface area contributed by atoms with Gasteiger partial charge in [0.05, 0.1) is 25.1 Å². The van der Waals surface area contributed by atoms with Crippen molar-refractivity contribution in [1.29, 1.82) is 0 Å². The number of nitrogens with zero attached hydrogens (tertiary/aromatic N) is 2. The van der Waals surface area contributed by atoms with Gasteiger partial charge in [-0.3, -0.25) is 21.5 Å². The summed E-state index contributed by atoms with van der Waals surface area (Å²) >= 11 is 0. The van der Waals surface area contributed by atoms with Crippen molar-refractivity contribution < 1.29 is 4.74 Å². The quantitative estimate of drug-likeness (QED) is 0.290. The Hall–Kier alpha value is -0.360. The standard InChI is InChI=1S/C18H36N8O/c1-11-4-6-27-18-13(10-21-25(18)2)17-19-5-3-15(24-17)23-16-7-14-12(8-20-16)9-22-26(11)14/h11-24H,3-10H2,1-2H3. The first-order valence-electron chi connectivity index (χ1n) is 10.8. The largest absolute Gasteiger partial charge is 0.361 e. The number of piperidine rings is 1. The minimum absolute atomic E-state index is 0.0980. The van der Waals surface area contributed by atoms with Crippen LogP contribution in [0.15, 0.2) is 0 Å². The van der Waals surface area contributed by atoms with Crippen LogP contribution in [0.2, 0.25) is 0 Å². The third-order valence-corrected chi connectivity index (χ3v) is 7.17. The van der Waals surface area contributed by atoms with E-state index in [1.54, 1.807) is 0 Å². The van der Waals surface area contributed by atoms with E-state index in [1.165, 1.54) is 0 Å². The molecule has 0 aliphatic carbocycles. The summed E-state index contributed by atoms with van der Waals surface area (Å²) in [6.07, 6.45) is 4.36. The van der Waals surface area contributed by atoms with Crippen LogP contribution in [0.5, 0.6) is 0 Å². The Kier molecular flexibility index (Phi) is 5.40. The van der Waals surface area contributed by atoms with Crippen LogP contribution in [0.4, 0.5) is 0 Å². The van der Waals surface area contributed by atoms with Crippen molar-refractivity contribution >= 4 is 0 Å². The van der Waals surface area contributed by atoms with E-state index in [4.69, 9.17) is 4.74 Å². The topological polar surface area (TPSA) is 87.9 Å². The summed E-state index contributed by atoms with van der Waals surface area (Å²) in [5, 5.41) is 19.7. The molecular weight excluding hydrogens is 344 g/mol. The Bertz CT molecular complexity index is 524. The average Bonchev–Trinajstić information content (AvgIpc) is 3.25. The van der Waals surface area contributed by atoms with Gasteiger partial charge in [0.1, 0.15) is 6.23 Å². The zero-order chi connectivity index (χ0) is 18.4. The summed E-state index contributed by atoms with van der Waals surface area (Å²) in [4.78, 5) is 0. The van der Waals surface area contributed by atoms with Gasteiger partial charge in [0.2, 0.25) is 0 Å². The highest BCUT2D eigenvalue weighted by atomic mass is 16.5. The smallest absolute Gasteiger partial charge is 0.129 e. The van der Waals surface area contributed by atoms with E-state index in [9.17, 15) is 0 Å². The van der Waals surface area contributed by atoms with Gasteiger partial charge in [0, 0.05) is 50.6 Å². The van der Waals surface area contributed by atoms with Crippen molar-refractivity contribution in [3.05, 3.63) is 0 Å². The summed E-state index contributed by atoms with van der Waals surface area (Å²) < 4.78 is 6.39. The SMILES string of the molecule is CC1CCOC2C(CNN2C)C2NCCC(NC3CC4C(CN3)CNN14)N2. The maximum Gasteiger partial charge on any atom is 0.129 e. The monoisotopic (exact) mass is 380 g/mol. The van der Waals surface area contributed by atoms with Gasteiger partial charge in [-0.15, -0.1) is 0 Å². The minimum atomic E-state index is 0.0980. The van der Waals surface area contributed by atoms with Crippen LogP contribution in [0, 0.1) is 11.8 Å². The molecule has 5 fully saturated rings. The molecule has 5 saturated heterocycles. The third-order valence-electron chi connectivity index (χ3n) is 7.17. The second kappa shape index (κ2) is 7.81. The lowest BCUT2D eigenvalue weighted by Crippen LogP contribution is -2.67. The van der Waals surface area contributed by atoms with Gasteiger partial charge in [-0.2, -0.15) is 0 Å². The fraction of sp³-hybridized carbons (Fsp3) is 1.00. The third kappa shape index (κ3) is 3.65. The van der Waals surface area contributed by atoms with Crippen molar-refractivity contribution in [3.63, 3.8) is 0 Å². The highest BCUT2D eigenvalue weighted by Gasteiger charge is 2.43. The second-order valence-corrected chi connectivity index (χ2v) is 8.94. The molecule has 9 nitrogen and oxygen atoms in total. The molecule has 27 heavy (non-hydrogen) atoms. The van der Waals surface area contributed by atoms with Crippen LogP contribution < -0.4 is 32.1 Å². The molecule has 0 spiro atoms. The number of ether oxygens (including phenoxy) is 1. The molecule has 8 unspecified atom stereocenters. The Balaban J connectivity index is 1.36. The fourth-order valence-electron chi connectivity index (χ4n) is 5.58. The van der Waals surface area contributed by atoms with Crippen LogP contribution in [0.3, 0.4) is 0 Å². The maximum absolute atomic E-state index is 6.39. The molecule has 5 aliphatic heterocycles. The molecule has 8 atom stereocenters. The molecule has 0 amide bonds. The Morgan fingerprint density at radius 3 is 2.81 bits per heavy atom. The highest BCUT2D eigenvalue weighted by molar-refractivity contribution is 4.97. The molecular formula is C18H36N8O. The van der Waals surface area contributed by atoms with Crippen LogP contribution in [-0.2, 0) is 4.74 Å². The Morgan fingerprint density at radius 2 is 1.89 bits per heavy atom. The second-order valence-electron chi connectivity index (χ2n) is 8.94. The molecule has 0 saturated carbocycles. The van der Waals surface area contributed by atoms with Gasteiger partial charge >= 0.3 is 0 Å². The molecule has 154 valence electrons. The lowest BCUT2D eigenvalue weighted by Gasteiger charge is -2.43. The predicted molar refractivity (Wildman–Crippen MR) is 103 cm³/mol. The molecule has 0 aromatic heterocycles. The van der Waals surface area contributed by atoms with Crippen molar-refractivity contribution in [2.75, 3.05) is 39.8 Å². The van der Waals surface area contributed by atoms with E-state index in [2.05, 4.69) is 56.1 Å². The first-order valence-corrected chi connectivity index (χ1v) is 10.8. The zero-order valence-electron chi connectivity index (χ0n) is 16.6. The molecule has 5 aliphatic rings. The Labute approximate surface area is 162 Å². The maximum atomic E-state index is 6.39. The van der Waals surface area contributed by atoms with Gasteiger partial charge < -0.3 is 15.4 Å². The van der Waals surface area contributed by atoms with Crippen molar-refractivity contribution in [2.45, 2.75) is 63.0 Å². The van der Waals surface area contributed by atoms with Crippen molar-refractivity contribution in [1.82, 2.24) is 42.1 Å². The van der Waals surface area contributed by atoms with Gasteiger partial charge in [0.15, 0.2) is 0 Å². The van der Waals surface area contributed by atoms with Crippen LogP contribution in [0.1, 0.15) is 26.2 Å². The van der Waals surface area contributed by atoms with E-state index < -0.39 is 0 Å². The molecule has 9 heteroatoms. The first-order chi connectivity index (χ1) is 13.2. The zero-order valence-corrected chi connectivity index (χ0v) is 16.6. The predicted octanol–water partition coefficient (Wildman–Crippen LogP) is -1.86. The minimum Gasteiger partial charge on any atom is -0.361 e. The molecule has 0 aromatic carbocycles. The van der Waals surface area contributed by atoms with E-state index in [-0.39, 0.29) is 12.4 Å². The van der Waals surface area contributed by atoms with Gasteiger partial charge in [0.25, 0.3) is 0 Å². The van der Waals surface area contributed by atoms with E-state index in [1.807, 2.05) is 0 Å². The molecule has 4 bridgehead atoms. The lowest BCUT2D eigenvalue weighted by molar-refractivity contribution is -0.0791. The summed E-state index contributed by atoms with van der Waals surface area (Å²) in [5.41, 5.74) is 7.14. The van der Waals surface area contributed by atoms with E-state index in [0.29, 0.717) is 36.3 Å². The summed E-state index contributed by atoms with van der Waals surface area (Å²) in [7, 11) is 2.09. The van der Waals surface area contributed by atoms with Gasteiger partial charge in [-0.05, 0) is 32.7 Å². The molecule has 5 heterocycles. The molecule has 0 aromatic rings. The number of rotatable bonds is 0. The van der Waals surface area contributed by atoms with Crippen LogP contribution in [0.25, 0.3) is 0 Å². The van der Waals surface area contributed by atoms with Crippen molar-refractivity contribution in [3.8, 4) is 0 Å². The fourth-order valence-corrected chi connectivity index (χ4v) is 5.58. The molecule has 5 rings (SSSR count). The number of hydrogen-bond donors (Lipinski definition) is 6. The number of fused-ring (bicyclic) bond motifs is 5. The number of nitrogens with one attached hydrogen (secondary N) is 6. The van der Waals surface area contributed by atoms with E-state index in [0.717, 1.165) is 52.0 Å². The summed E-state index contributed by atoms with van der Waals surface area (Å²) in [5.74, 6) is 1.09. The number of hydrazine groups is 2. The number of hydrogen-bond acceptors (Lipinski definition) is 9. The van der Waals surface area contributed by atoms with Crippen molar-refractivity contribution in [2.24, 2.45) is 11.8 Å². The van der Waals surface area contributed by atoms with E-state index >= 15 is 0 Å². The summed E-state index contributed by atoms with van der Waals surface area (Å²) in [6.45, 7) is 7.27. The molecule has 0 radical (unpaired) electrons. The normalized spacial score (nSPS) is 49.6. The first kappa shape index (κ1) is 18.7. The molecule has 6 N–H and O–H groups in total. The lowest BCUT2D eigenvalue weighted by atomic mass is 9.92. The van der Waals surface area contributed by atoms with Gasteiger partial charge in [-0.25, -0.2) is 10.0 Å².